The van der Waals surface area contributed by atoms with Gasteiger partial charge in [0.05, 0.1) is 22.2 Å². The predicted octanol–water partition coefficient (Wildman–Crippen LogP) is 3.85. The van der Waals surface area contributed by atoms with Crippen LogP contribution in [0.3, 0.4) is 0 Å². The van der Waals surface area contributed by atoms with E-state index in [0.29, 0.717) is 15.2 Å². The topological polar surface area (TPSA) is 33.3 Å². The molecule has 1 fully saturated rings. The third-order valence-electron chi connectivity index (χ3n) is 3.06. The maximum Gasteiger partial charge on any atom is 0.171 e. The van der Waals surface area contributed by atoms with Gasteiger partial charge in [0, 0.05) is 12.3 Å². The van der Waals surface area contributed by atoms with Gasteiger partial charge in [-0.25, -0.2) is 0 Å². The van der Waals surface area contributed by atoms with Crippen molar-refractivity contribution in [2.75, 3.05) is 11.9 Å². The number of benzene rings is 1. The normalized spacial score (nSPS) is 20.1. The van der Waals surface area contributed by atoms with E-state index in [2.05, 4.69) is 17.6 Å². The maximum absolute atomic E-state index is 5.95. The molecule has 1 aromatic carbocycles. The summed E-state index contributed by atoms with van der Waals surface area (Å²) >= 11 is 17.1. The number of thiocarbonyl (C=S) groups is 1. The Morgan fingerprint density at radius 2 is 2.21 bits per heavy atom. The zero-order chi connectivity index (χ0) is 13.8. The molecule has 0 aliphatic carbocycles. The minimum Gasteiger partial charge on any atom is -0.376 e. The van der Waals surface area contributed by atoms with Crippen molar-refractivity contribution in [3.63, 3.8) is 0 Å². The fourth-order valence-electron chi connectivity index (χ4n) is 2.04. The Balaban J connectivity index is 1.88. The number of hydrogen-bond donors (Lipinski definition) is 2. The zero-order valence-electron chi connectivity index (χ0n) is 10.6. The van der Waals surface area contributed by atoms with Crippen molar-refractivity contribution < 1.29 is 4.74 Å². The van der Waals surface area contributed by atoms with Gasteiger partial charge >= 0.3 is 0 Å². The van der Waals surface area contributed by atoms with Crippen molar-refractivity contribution >= 4 is 46.2 Å². The molecule has 0 amide bonds. The van der Waals surface area contributed by atoms with Gasteiger partial charge < -0.3 is 15.4 Å². The Morgan fingerprint density at radius 1 is 1.42 bits per heavy atom. The number of rotatable bonds is 3. The molecule has 2 unspecified atom stereocenters. The molecule has 104 valence electrons. The number of nitrogens with one attached hydrogen (secondary N) is 2. The van der Waals surface area contributed by atoms with Gasteiger partial charge in [-0.15, -0.1) is 0 Å². The first-order valence-corrected chi connectivity index (χ1v) is 7.37. The SMILES string of the molecule is CC(NC(=S)Nc1ccc(Cl)c(Cl)c1)C1CCCO1. The van der Waals surface area contributed by atoms with Gasteiger partial charge in [0.2, 0.25) is 0 Å². The monoisotopic (exact) mass is 318 g/mol. The van der Waals surface area contributed by atoms with Crippen LogP contribution in [0.1, 0.15) is 19.8 Å². The average Bonchev–Trinajstić information content (AvgIpc) is 2.87. The van der Waals surface area contributed by atoms with E-state index in [4.69, 9.17) is 40.2 Å². The third-order valence-corrected chi connectivity index (χ3v) is 4.02. The van der Waals surface area contributed by atoms with Crippen LogP contribution in [0, 0.1) is 0 Å². The molecule has 19 heavy (non-hydrogen) atoms. The number of ether oxygens (including phenoxy) is 1. The summed E-state index contributed by atoms with van der Waals surface area (Å²) in [6, 6.07) is 5.50. The quantitative estimate of drug-likeness (QED) is 0.829. The van der Waals surface area contributed by atoms with Crippen LogP contribution in [0.4, 0.5) is 5.69 Å². The molecule has 0 spiro atoms. The van der Waals surface area contributed by atoms with Crippen molar-refractivity contribution in [1.29, 1.82) is 0 Å². The van der Waals surface area contributed by atoms with Crippen molar-refractivity contribution in [1.82, 2.24) is 5.32 Å². The summed E-state index contributed by atoms with van der Waals surface area (Å²) in [4.78, 5) is 0. The van der Waals surface area contributed by atoms with Crippen molar-refractivity contribution in [2.45, 2.75) is 31.9 Å². The number of anilines is 1. The molecule has 1 saturated heterocycles. The Hall–Kier alpha value is -0.550. The maximum atomic E-state index is 5.95. The van der Waals surface area contributed by atoms with Crippen LogP contribution >= 0.6 is 35.4 Å². The van der Waals surface area contributed by atoms with Crippen LogP contribution in [0.2, 0.25) is 10.0 Å². The van der Waals surface area contributed by atoms with Crippen LogP contribution in [-0.4, -0.2) is 23.9 Å². The van der Waals surface area contributed by atoms with E-state index in [-0.39, 0.29) is 12.1 Å². The first kappa shape index (κ1) is 14.9. The van der Waals surface area contributed by atoms with Gasteiger partial charge in [-0.05, 0) is 50.2 Å². The van der Waals surface area contributed by atoms with E-state index in [1.54, 1.807) is 12.1 Å². The highest BCUT2D eigenvalue weighted by atomic mass is 35.5. The zero-order valence-corrected chi connectivity index (χ0v) is 12.9. The molecule has 1 aliphatic heterocycles. The fraction of sp³-hybridized carbons (Fsp3) is 0.462. The largest absolute Gasteiger partial charge is 0.376 e. The lowest BCUT2D eigenvalue weighted by Gasteiger charge is -2.22. The van der Waals surface area contributed by atoms with Gasteiger partial charge in [0.25, 0.3) is 0 Å². The molecular weight excluding hydrogens is 303 g/mol. The van der Waals surface area contributed by atoms with Gasteiger partial charge in [-0.2, -0.15) is 0 Å². The van der Waals surface area contributed by atoms with E-state index in [1.165, 1.54) is 0 Å². The lowest BCUT2D eigenvalue weighted by molar-refractivity contribution is 0.0895. The molecule has 1 heterocycles. The summed E-state index contributed by atoms with van der Waals surface area (Å²) in [6.07, 6.45) is 2.42. The molecule has 0 saturated carbocycles. The molecule has 0 radical (unpaired) electrons. The van der Waals surface area contributed by atoms with Gasteiger partial charge in [-0.3, -0.25) is 0 Å². The minimum absolute atomic E-state index is 0.185. The van der Waals surface area contributed by atoms with Crippen LogP contribution in [0.15, 0.2) is 18.2 Å². The molecule has 1 aromatic rings. The molecule has 0 aromatic heterocycles. The standard InChI is InChI=1S/C13H16Cl2N2OS/c1-8(12-3-2-6-18-12)16-13(19)17-9-4-5-10(14)11(15)7-9/h4-5,7-8,12H,2-3,6H2,1H3,(H2,16,17,19). The average molecular weight is 319 g/mol. The Morgan fingerprint density at radius 3 is 2.84 bits per heavy atom. The third kappa shape index (κ3) is 4.21. The summed E-state index contributed by atoms with van der Waals surface area (Å²) in [5, 5.41) is 7.89. The molecule has 2 N–H and O–H groups in total. The van der Waals surface area contributed by atoms with Crippen LogP contribution in [0.25, 0.3) is 0 Å². The molecule has 2 rings (SSSR count). The first-order chi connectivity index (χ1) is 9.06. The summed E-state index contributed by atoms with van der Waals surface area (Å²) < 4.78 is 5.61. The summed E-state index contributed by atoms with van der Waals surface area (Å²) in [6.45, 7) is 2.91. The highest BCUT2D eigenvalue weighted by molar-refractivity contribution is 7.80. The molecule has 3 nitrogen and oxygen atoms in total. The van der Waals surface area contributed by atoms with Crippen LogP contribution in [-0.2, 0) is 4.74 Å². The van der Waals surface area contributed by atoms with Crippen LogP contribution < -0.4 is 10.6 Å². The molecular formula is C13H16Cl2N2OS. The highest BCUT2D eigenvalue weighted by Gasteiger charge is 2.22. The Labute approximate surface area is 128 Å². The highest BCUT2D eigenvalue weighted by Crippen LogP contribution is 2.25. The summed E-state index contributed by atoms with van der Waals surface area (Å²) in [5.41, 5.74) is 0.812. The molecule has 0 bridgehead atoms. The lowest BCUT2D eigenvalue weighted by atomic mass is 10.1. The van der Waals surface area contributed by atoms with Crippen molar-refractivity contribution in [3.05, 3.63) is 28.2 Å². The van der Waals surface area contributed by atoms with E-state index < -0.39 is 0 Å². The van der Waals surface area contributed by atoms with Crippen molar-refractivity contribution in [3.8, 4) is 0 Å². The molecule has 6 heteroatoms. The number of halogens is 2. The second-order valence-electron chi connectivity index (χ2n) is 4.57. The first-order valence-electron chi connectivity index (χ1n) is 6.20. The van der Waals surface area contributed by atoms with E-state index >= 15 is 0 Å². The fourth-order valence-corrected chi connectivity index (χ4v) is 2.64. The van der Waals surface area contributed by atoms with Gasteiger partial charge in [0.15, 0.2) is 5.11 Å². The Bertz CT molecular complexity index is 464. The second-order valence-corrected chi connectivity index (χ2v) is 5.79. The summed E-state index contributed by atoms with van der Waals surface area (Å²) in [7, 11) is 0. The Kier molecular flexibility index (Phi) is 5.28. The van der Waals surface area contributed by atoms with Gasteiger partial charge in [0.1, 0.15) is 0 Å². The minimum atomic E-state index is 0.185. The molecule has 1 aliphatic rings. The van der Waals surface area contributed by atoms with E-state index in [0.717, 1.165) is 25.1 Å². The van der Waals surface area contributed by atoms with E-state index in [9.17, 15) is 0 Å². The second kappa shape index (κ2) is 6.75. The van der Waals surface area contributed by atoms with E-state index in [1.807, 2.05) is 6.07 Å². The van der Waals surface area contributed by atoms with Gasteiger partial charge in [-0.1, -0.05) is 23.2 Å². The van der Waals surface area contributed by atoms with Crippen molar-refractivity contribution in [2.24, 2.45) is 0 Å². The predicted molar refractivity (Wildman–Crippen MR) is 84.3 cm³/mol. The molecule has 2 atom stereocenters. The lowest BCUT2D eigenvalue weighted by Crippen LogP contribution is -2.42. The van der Waals surface area contributed by atoms with Crippen LogP contribution in [0.5, 0.6) is 0 Å². The number of hydrogen-bond acceptors (Lipinski definition) is 2. The summed E-state index contributed by atoms with van der Waals surface area (Å²) in [5.74, 6) is 0. The smallest absolute Gasteiger partial charge is 0.171 e.